The van der Waals surface area contributed by atoms with Crippen molar-refractivity contribution in [3.05, 3.63) is 90.9 Å². The summed E-state index contributed by atoms with van der Waals surface area (Å²) in [5.41, 5.74) is 3.14. The summed E-state index contributed by atoms with van der Waals surface area (Å²) in [6.45, 7) is -0.360. The quantitative estimate of drug-likeness (QED) is 0.121. The number of carbonyl (C=O) groups is 2. The molecule has 0 saturated carbocycles. The van der Waals surface area contributed by atoms with E-state index in [0.29, 0.717) is 25.8 Å². The van der Waals surface area contributed by atoms with Crippen molar-refractivity contribution in [3.63, 3.8) is 0 Å². The van der Waals surface area contributed by atoms with Crippen molar-refractivity contribution >= 4 is 55.6 Å². The molecule has 0 atom stereocenters. The molecule has 3 rings (SSSR count). The molecular formula is C23H17Br2N3O7. The van der Waals surface area contributed by atoms with Gasteiger partial charge in [0.15, 0.2) is 18.1 Å². The molecule has 0 spiro atoms. The maximum Gasteiger partial charge on any atom is 0.344 e. The van der Waals surface area contributed by atoms with Crippen LogP contribution in [0.1, 0.15) is 15.9 Å². The molecule has 0 aliphatic rings. The third-order valence-corrected chi connectivity index (χ3v) is 5.68. The average molecular weight is 607 g/mol. The lowest BCUT2D eigenvalue weighted by Gasteiger charge is -2.10. The van der Waals surface area contributed by atoms with Crippen molar-refractivity contribution in [2.75, 3.05) is 13.7 Å². The number of halogens is 2. The van der Waals surface area contributed by atoms with E-state index in [2.05, 4.69) is 42.4 Å². The molecule has 0 heterocycles. The number of methoxy groups -OCH3 is 1. The number of hydrogen-bond acceptors (Lipinski definition) is 8. The summed E-state index contributed by atoms with van der Waals surface area (Å²) in [6, 6.07) is 15.6. The van der Waals surface area contributed by atoms with Gasteiger partial charge in [-0.2, -0.15) is 5.10 Å². The normalized spacial score (nSPS) is 10.6. The van der Waals surface area contributed by atoms with E-state index >= 15 is 0 Å². The topological polar surface area (TPSA) is 129 Å². The largest absolute Gasteiger partial charge is 0.493 e. The first-order valence-electron chi connectivity index (χ1n) is 9.82. The molecule has 1 N–H and O–H groups in total. The molecule has 3 aromatic rings. The Balaban J connectivity index is 1.57. The average Bonchev–Trinajstić information content (AvgIpc) is 2.84. The summed E-state index contributed by atoms with van der Waals surface area (Å²) in [5.74, 6) is -0.308. The van der Waals surface area contributed by atoms with Crippen LogP contribution in [0.4, 0.5) is 5.69 Å². The summed E-state index contributed by atoms with van der Waals surface area (Å²) < 4.78 is 17.0. The zero-order valence-electron chi connectivity index (χ0n) is 18.1. The maximum absolute atomic E-state index is 12.4. The Bertz CT molecular complexity index is 1300. The first kappa shape index (κ1) is 25.8. The second kappa shape index (κ2) is 12.1. The number of hydrazone groups is 1. The predicted octanol–water partition coefficient (Wildman–Crippen LogP) is 4.88. The SMILES string of the molecule is COc1cc(C=NNC(=O)COc2ccc([N+](=O)[O-])cc2Br)ccc1OC(=O)c1ccccc1Br. The Labute approximate surface area is 216 Å². The zero-order valence-corrected chi connectivity index (χ0v) is 21.2. The van der Waals surface area contributed by atoms with Crippen LogP contribution in [0, 0.1) is 10.1 Å². The van der Waals surface area contributed by atoms with Gasteiger partial charge in [-0.05, 0) is 73.8 Å². The van der Waals surface area contributed by atoms with Gasteiger partial charge >= 0.3 is 5.97 Å². The molecule has 35 heavy (non-hydrogen) atoms. The molecule has 0 aliphatic heterocycles. The fraction of sp³-hybridized carbons (Fsp3) is 0.0870. The van der Waals surface area contributed by atoms with E-state index in [-0.39, 0.29) is 23.8 Å². The van der Waals surface area contributed by atoms with Crippen molar-refractivity contribution in [3.8, 4) is 17.2 Å². The summed E-state index contributed by atoms with van der Waals surface area (Å²) in [6.07, 6.45) is 1.38. The highest BCUT2D eigenvalue weighted by Crippen LogP contribution is 2.30. The van der Waals surface area contributed by atoms with Crippen molar-refractivity contribution in [2.24, 2.45) is 5.10 Å². The summed E-state index contributed by atoms with van der Waals surface area (Å²) in [7, 11) is 1.43. The number of benzene rings is 3. The Morgan fingerprint density at radius 2 is 1.77 bits per heavy atom. The standard InChI is InChI=1S/C23H17Br2N3O7/c1-33-21-10-14(6-8-20(21)35-23(30)16-4-2-3-5-17(16)24)12-26-27-22(29)13-34-19-9-7-15(28(31)32)11-18(19)25/h2-12H,13H2,1H3,(H,27,29). The minimum atomic E-state index is -0.552. The highest BCUT2D eigenvalue weighted by molar-refractivity contribution is 9.10. The minimum absolute atomic E-state index is 0.109. The molecule has 0 fully saturated rings. The van der Waals surface area contributed by atoms with Crippen LogP contribution in [-0.2, 0) is 4.79 Å². The van der Waals surface area contributed by atoms with Gasteiger partial charge in [0, 0.05) is 16.6 Å². The Kier molecular flexibility index (Phi) is 8.92. The van der Waals surface area contributed by atoms with Gasteiger partial charge < -0.3 is 14.2 Å². The fourth-order valence-corrected chi connectivity index (χ4v) is 3.63. The third kappa shape index (κ3) is 7.11. The van der Waals surface area contributed by atoms with Gasteiger partial charge in [-0.1, -0.05) is 12.1 Å². The number of rotatable bonds is 9. The van der Waals surface area contributed by atoms with E-state index in [1.807, 2.05) is 0 Å². The molecule has 0 bridgehead atoms. The number of hydrogen-bond donors (Lipinski definition) is 1. The lowest BCUT2D eigenvalue weighted by Crippen LogP contribution is -2.24. The van der Waals surface area contributed by atoms with E-state index in [1.54, 1.807) is 42.5 Å². The molecule has 0 unspecified atom stereocenters. The first-order valence-corrected chi connectivity index (χ1v) is 11.4. The maximum atomic E-state index is 12.4. The number of esters is 1. The molecule has 0 saturated heterocycles. The van der Waals surface area contributed by atoms with E-state index < -0.39 is 16.8 Å². The Hall–Kier alpha value is -3.77. The number of nitro benzene ring substituents is 1. The lowest BCUT2D eigenvalue weighted by atomic mass is 10.2. The molecule has 3 aromatic carbocycles. The van der Waals surface area contributed by atoms with Crippen LogP contribution in [0.15, 0.2) is 74.7 Å². The van der Waals surface area contributed by atoms with Crippen LogP contribution in [-0.4, -0.2) is 36.7 Å². The van der Waals surface area contributed by atoms with Crippen molar-refractivity contribution in [1.82, 2.24) is 5.43 Å². The molecular weight excluding hydrogens is 590 g/mol. The summed E-state index contributed by atoms with van der Waals surface area (Å²) >= 11 is 6.48. The van der Waals surface area contributed by atoms with E-state index in [1.165, 1.54) is 31.5 Å². The van der Waals surface area contributed by atoms with E-state index in [0.717, 1.165) is 0 Å². The fourth-order valence-electron chi connectivity index (χ4n) is 2.71. The van der Waals surface area contributed by atoms with Crippen molar-refractivity contribution < 1.29 is 28.7 Å². The van der Waals surface area contributed by atoms with Crippen molar-refractivity contribution in [2.45, 2.75) is 0 Å². The second-order valence-corrected chi connectivity index (χ2v) is 8.44. The van der Waals surface area contributed by atoms with Gasteiger partial charge in [-0.25, -0.2) is 10.2 Å². The second-order valence-electron chi connectivity index (χ2n) is 6.73. The Morgan fingerprint density at radius 3 is 2.46 bits per heavy atom. The van der Waals surface area contributed by atoms with Gasteiger partial charge in [0.1, 0.15) is 5.75 Å². The molecule has 1 amide bonds. The Morgan fingerprint density at radius 1 is 1.03 bits per heavy atom. The van der Waals surface area contributed by atoms with Crippen LogP contribution < -0.4 is 19.6 Å². The van der Waals surface area contributed by atoms with Crippen LogP contribution in [0.5, 0.6) is 17.2 Å². The molecule has 180 valence electrons. The third-order valence-electron chi connectivity index (χ3n) is 4.37. The smallest absolute Gasteiger partial charge is 0.344 e. The number of carbonyl (C=O) groups excluding carboxylic acids is 2. The van der Waals surface area contributed by atoms with E-state index in [9.17, 15) is 19.7 Å². The minimum Gasteiger partial charge on any atom is -0.493 e. The first-order chi connectivity index (χ1) is 16.8. The van der Waals surface area contributed by atoms with E-state index in [4.69, 9.17) is 14.2 Å². The van der Waals surface area contributed by atoms with Gasteiger partial charge in [0.2, 0.25) is 0 Å². The highest BCUT2D eigenvalue weighted by Gasteiger charge is 2.15. The summed E-state index contributed by atoms with van der Waals surface area (Å²) in [4.78, 5) is 34.7. The van der Waals surface area contributed by atoms with Gasteiger partial charge in [0.05, 0.1) is 28.3 Å². The predicted molar refractivity (Wildman–Crippen MR) is 134 cm³/mol. The monoisotopic (exact) mass is 605 g/mol. The highest BCUT2D eigenvalue weighted by atomic mass is 79.9. The number of nitrogens with zero attached hydrogens (tertiary/aromatic N) is 2. The van der Waals surface area contributed by atoms with Crippen LogP contribution in [0.25, 0.3) is 0 Å². The zero-order chi connectivity index (χ0) is 25.4. The van der Waals surface area contributed by atoms with Crippen LogP contribution >= 0.6 is 31.9 Å². The number of nitrogens with one attached hydrogen (secondary N) is 1. The molecule has 0 aromatic heterocycles. The molecule has 0 radical (unpaired) electrons. The number of ether oxygens (including phenoxy) is 3. The number of nitro groups is 1. The molecule has 10 nitrogen and oxygen atoms in total. The molecule has 0 aliphatic carbocycles. The van der Waals surface area contributed by atoms with Crippen molar-refractivity contribution in [1.29, 1.82) is 0 Å². The summed E-state index contributed by atoms with van der Waals surface area (Å²) in [5, 5.41) is 14.6. The number of non-ortho nitro benzene ring substituents is 1. The van der Waals surface area contributed by atoms with Gasteiger partial charge in [-0.3, -0.25) is 14.9 Å². The molecule has 12 heteroatoms. The van der Waals surface area contributed by atoms with Crippen LogP contribution in [0.3, 0.4) is 0 Å². The van der Waals surface area contributed by atoms with Gasteiger partial charge in [-0.15, -0.1) is 0 Å². The van der Waals surface area contributed by atoms with Crippen LogP contribution in [0.2, 0.25) is 0 Å². The lowest BCUT2D eigenvalue weighted by molar-refractivity contribution is -0.384. The number of amides is 1. The van der Waals surface area contributed by atoms with Gasteiger partial charge in [0.25, 0.3) is 11.6 Å².